The molecule has 7 heteroatoms. The van der Waals surface area contributed by atoms with Gasteiger partial charge in [0.15, 0.2) is 0 Å². The van der Waals surface area contributed by atoms with Gasteiger partial charge in [-0.25, -0.2) is 0 Å². The van der Waals surface area contributed by atoms with Gasteiger partial charge in [-0.15, -0.1) is 11.8 Å². The first-order chi connectivity index (χ1) is 13.0. The third-order valence-electron chi connectivity index (χ3n) is 4.35. The highest BCUT2D eigenvalue weighted by Gasteiger charge is 2.26. The Morgan fingerprint density at radius 3 is 2.63 bits per heavy atom. The second kappa shape index (κ2) is 8.26. The predicted molar refractivity (Wildman–Crippen MR) is 107 cm³/mol. The minimum atomic E-state index is -0.275. The molecular weight excluding hydrogens is 362 g/mol. The van der Waals surface area contributed by atoms with Crippen molar-refractivity contribution in [2.24, 2.45) is 0 Å². The Labute approximate surface area is 162 Å². The molecule has 1 aliphatic heterocycles. The molecule has 0 fully saturated rings. The Morgan fingerprint density at radius 1 is 1.15 bits per heavy atom. The zero-order chi connectivity index (χ0) is 19.4. The van der Waals surface area contributed by atoms with Crippen LogP contribution in [-0.4, -0.2) is 42.0 Å². The summed E-state index contributed by atoms with van der Waals surface area (Å²) < 4.78 is 0. The van der Waals surface area contributed by atoms with Crippen LogP contribution in [0.5, 0.6) is 0 Å². The normalized spacial score (nSPS) is 13.1. The van der Waals surface area contributed by atoms with Gasteiger partial charge < -0.3 is 15.1 Å². The van der Waals surface area contributed by atoms with E-state index in [1.165, 1.54) is 23.6 Å². The first kappa shape index (κ1) is 19.0. The second-order valence-corrected chi connectivity index (χ2v) is 7.33. The molecule has 0 bridgehead atoms. The number of amides is 3. The van der Waals surface area contributed by atoms with E-state index in [2.05, 4.69) is 5.32 Å². The zero-order valence-corrected chi connectivity index (χ0v) is 16.1. The molecule has 1 N–H and O–H groups in total. The van der Waals surface area contributed by atoms with Crippen molar-refractivity contribution >= 4 is 40.9 Å². The summed E-state index contributed by atoms with van der Waals surface area (Å²) in [5.41, 5.74) is 2.24. The molecule has 0 unspecified atom stereocenters. The Morgan fingerprint density at radius 2 is 1.85 bits per heavy atom. The van der Waals surface area contributed by atoms with Crippen LogP contribution in [0.3, 0.4) is 0 Å². The molecule has 1 heterocycles. The summed E-state index contributed by atoms with van der Waals surface area (Å²) in [5.74, 6) is -0.0878. The Kier molecular flexibility index (Phi) is 5.81. The number of benzene rings is 2. The molecule has 2 aromatic rings. The monoisotopic (exact) mass is 383 g/mol. The van der Waals surface area contributed by atoms with Gasteiger partial charge in [0.05, 0.1) is 11.4 Å². The molecule has 2 aromatic carbocycles. The molecule has 0 saturated heterocycles. The van der Waals surface area contributed by atoms with Crippen LogP contribution in [0.2, 0.25) is 0 Å². The fourth-order valence-electron chi connectivity index (χ4n) is 2.81. The Bertz CT molecular complexity index is 884. The van der Waals surface area contributed by atoms with Gasteiger partial charge in [-0.2, -0.15) is 0 Å². The summed E-state index contributed by atoms with van der Waals surface area (Å²) in [6, 6.07) is 14.9. The molecule has 0 radical (unpaired) electrons. The van der Waals surface area contributed by atoms with Crippen LogP contribution in [0.15, 0.2) is 53.4 Å². The first-order valence-electron chi connectivity index (χ1n) is 8.57. The van der Waals surface area contributed by atoms with Crippen LogP contribution in [0.4, 0.5) is 11.4 Å². The fraction of sp³-hybridized carbons (Fsp3) is 0.250. The van der Waals surface area contributed by atoms with Crippen molar-refractivity contribution < 1.29 is 14.4 Å². The molecular formula is C20H21N3O3S. The van der Waals surface area contributed by atoms with Gasteiger partial charge in [0.1, 0.15) is 6.54 Å². The second-order valence-electron chi connectivity index (χ2n) is 6.32. The molecule has 3 rings (SSSR count). The lowest BCUT2D eigenvalue weighted by Crippen LogP contribution is -2.41. The maximum Gasteiger partial charge on any atom is 0.244 e. The number of carbonyl (C=O) groups is 3. The highest BCUT2D eigenvalue weighted by Crippen LogP contribution is 2.34. The number of rotatable bonds is 5. The SMILES string of the molecule is CC(=O)N(C)Cc1ccccc1NC(=O)CN1C(=O)CSc2ccccc21. The number of hydrogen-bond donors (Lipinski definition) is 1. The molecule has 0 aromatic heterocycles. The molecule has 27 heavy (non-hydrogen) atoms. The molecule has 0 spiro atoms. The van der Waals surface area contributed by atoms with Crippen molar-refractivity contribution in [1.29, 1.82) is 0 Å². The standard InChI is InChI=1S/C20H21N3O3S/c1-14(24)22(2)11-15-7-3-4-8-16(15)21-19(25)12-23-17-9-5-6-10-18(17)27-13-20(23)26/h3-10H,11-13H2,1-2H3,(H,21,25). The summed E-state index contributed by atoms with van der Waals surface area (Å²) in [4.78, 5) is 40.5. The number of nitrogens with zero attached hydrogens (tertiary/aromatic N) is 2. The van der Waals surface area contributed by atoms with Gasteiger partial charge in [-0.05, 0) is 23.8 Å². The highest BCUT2D eigenvalue weighted by molar-refractivity contribution is 8.00. The summed E-state index contributed by atoms with van der Waals surface area (Å²) in [6.07, 6.45) is 0. The van der Waals surface area contributed by atoms with E-state index in [0.29, 0.717) is 18.0 Å². The van der Waals surface area contributed by atoms with Crippen LogP contribution in [0.1, 0.15) is 12.5 Å². The molecule has 1 aliphatic rings. The summed E-state index contributed by atoms with van der Waals surface area (Å²) in [6.45, 7) is 1.85. The van der Waals surface area contributed by atoms with Crippen LogP contribution in [0.25, 0.3) is 0 Å². The Hall–Kier alpha value is -2.80. The Balaban J connectivity index is 1.74. The van der Waals surface area contributed by atoms with E-state index in [9.17, 15) is 14.4 Å². The molecule has 3 amide bonds. The van der Waals surface area contributed by atoms with Gasteiger partial charge in [-0.3, -0.25) is 14.4 Å². The average molecular weight is 383 g/mol. The fourth-order valence-corrected chi connectivity index (χ4v) is 3.74. The largest absolute Gasteiger partial charge is 0.342 e. The van der Waals surface area contributed by atoms with Gasteiger partial charge >= 0.3 is 0 Å². The van der Waals surface area contributed by atoms with E-state index in [0.717, 1.165) is 16.1 Å². The van der Waals surface area contributed by atoms with Crippen molar-refractivity contribution in [3.05, 3.63) is 54.1 Å². The lowest BCUT2D eigenvalue weighted by atomic mass is 10.1. The van der Waals surface area contributed by atoms with Crippen LogP contribution in [-0.2, 0) is 20.9 Å². The van der Waals surface area contributed by atoms with E-state index in [4.69, 9.17) is 0 Å². The van der Waals surface area contributed by atoms with Gasteiger partial charge in [0, 0.05) is 31.1 Å². The van der Waals surface area contributed by atoms with Crippen LogP contribution < -0.4 is 10.2 Å². The first-order valence-corrected chi connectivity index (χ1v) is 9.56. The highest BCUT2D eigenvalue weighted by atomic mass is 32.2. The number of anilines is 2. The number of para-hydroxylation sites is 2. The molecule has 0 saturated carbocycles. The average Bonchev–Trinajstić information content (AvgIpc) is 2.65. The van der Waals surface area contributed by atoms with Gasteiger partial charge in [0.25, 0.3) is 0 Å². The third kappa shape index (κ3) is 4.49. The van der Waals surface area contributed by atoms with E-state index in [1.54, 1.807) is 18.0 Å². The number of fused-ring (bicyclic) bond motifs is 1. The van der Waals surface area contributed by atoms with Crippen molar-refractivity contribution in [1.82, 2.24) is 4.90 Å². The third-order valence-corrected chi connectivity index (χ3v) is 5.39. The van der Waals surface area contributed by atoms with Crippen molar-refractivity contribution in [3.8, 4) is 0 Å². The lowest BCUT2D eigenvalue weighted by molar-refractivity contribution is -0.128. The van der Waals surface area contributed by atoms with Gasteiger partial charge in [-0.1, -0.05) is 30.3 Å². The summed E-state index contributed by atoms with van der Waals surface area (Å²) in [7, 11) is 1.71. The maximum absolute atomic E-state index is 12.6. The molecule has 6 nitrogen and oxygen atoms in total. The van der Waals surface area contributed by atoms with Crippen molar-refractivity contribution in [2.75, 3.05) is 29.6 Å². The molecule has 140 valence electrons. The van der Waals surface area contributed by atoms with E-state index >= 15 is 0 Å². The quantitative estimate of drug-likeness (QED) is 0.862. The molecule has 0 aliphatic carbocycles. The summed E-state index contributed by atoms with van der Waals surface area (Å²) in [5, 5.41) is 2.88. The number of hydrogen-bond acceptors (Lipinski definition) is 4. The smallest absolute Gasteiger partial charge is 0.244 e. The predicted octanol–water partition coefficient (Wildman–Crippen LogP) is 2.74. The van der Waals surface area contributed by atoms with E-state index in [1.807, 2.05) is 42.5 Å². The van der Waals surface area contributed by atoms with Crippen LogP contribution >= 0.6 is 11.8 Å². The minimum absolute atomic E-state index is 0.0483. The van der Waals surface area contributed by atoms with E-state index < -0.39 is 0 Å². The number of thioether (sulfide) groups is 1. The number of carbonyl (C=O) groups excluding carboxylic acids is 3. The number of nitrogens with one attached hydrogen (secondary N) is 1. The lowest BCUT2D eigenvalue weighted by Gasteiger charge is -2.28. The maximum atomic E-state index is 12.6. The minimum Gasteiger partial charge on any atom is -0.342 e. The topological polar surface area (TPSA) is 69.7 Å². The molecule has 0 atom stereocenters. The van der Waals surface area contributed by atoms with Crippen molar-refractivity contribution in [3.63, 3.8) is 0 Å². The zero-order valence-electron chi connectivity index (χ0n) is 15.3. The van der Waals surface area contributed by atoms with Crippen molar-refractivity contribution in [2.45, 2.75) is 18.4 Å². The van der Waals surface area contributed by atoms with Crippen LogP contribution in [0, 0.1) is 0 Å². The van der Waals surface area contributed by atoms with E-state index in [-0.39, 0.29) is 24.3 Å². The summed E-state index contributed by atoms with van der Waals surface area (Å²) >= 11 is 1.48. The van der Waals surface area contributed by atoms with Gasteiger partial charge in [0.2, 0.25) is 17.7 Å².